The van der Waals surface area contributed by atoms with Crippen molar-refractivity contribution in [1.29, 1.82) is 0 Å². The lowest BCUT2D eigenvalue weighted by Crippen LogP contribution is -2.34. The molecule has 7 heteroatoms. The minimum Gasteiger partial charge on any atom is -0.479 e. The van der Waals surface area contributed by atoms with Crippen LogP contribution in [0.25, 0.3) is 5.69 Å². The van der Waals surface area contributed by atoms with Crippen molar-refractivity contribution in [2.24, 2.45) is 0 Å². The van der Waals surface area contributed by atoms with Crippen LogP contribution < -0.4 is 15.4 Å². The lowest BCUT2D eigenvalue weighted by molar-refractivity contribution is -0.122. The zero-order chi connectivity index (χ0) is 18.1. The van der Waals surface area contributed by atoms with Crippen LogP contribution in [-0.4, -0.2) is 27.7 Å². The Bertz CT molecular complexity index is 981. The molecule has 2 N–H and O–H groups in total. The van der Waals surface area contributed by atoms with Gasteiger partial charge >= 0.3 is 0 Å². The van der Waals surface area contributed by atoms with Crippen LogP contribution >= 0.6 is 0 Å². The van der Waals surface area contributed by atoms with Crippen molar-refractivity contribution in [2.45, 2.75) is 13.0 Å². The largest absolute Gasteiger partial charge is 0.479 e. The van der Waals surface area contributed by atoms with E-state index in [9.17, 15) is 9.59 Å². The highest BCUT2D eigenvalue weighted by Gasteiger charge is 2.23. The molecule has 0 radical (unpaired) electrons. The van der Waals surface area contributed by atoms with Gasteiger partial charge in [0.25, 0.3) is 11.8 Å². The summed E-state index contributed by atoms with van der Waals surface area (Å²) >= 11 is 0. The zero-order valence-corrected chi connectivity index (χ0v) is 14.0. The van der Waals surface area contributed by atoms with Crippen molar-refractivity contribution in [2.75, 3.05) is 10.6 Å². The molecule has 1 aliphatic rings. The van der Waals surface area contributed by atoms with Crippen LogP contribution in [0.5, 0.6) is 5.75 Å². The van der Waals surface area contributed by atoms with E-state index >= 15 is 0 Å². The Kier molecular flexibility index (Phi) is 3.89. The molecule has 2 amide bonds. The summed E-state index contributed by atoms with van der Waals surface area (Å²) in [6.45, 7) is 1.68. The van der Waals surface area contributed by atoms with Crippen molar-refractivity contribution in [1.82, 2.24) is 9.78 Å². The summed E-state index contributed by atoms with van der Waals surface area (Å²) in [4.78, 5) is 24.2. The number of aromatic nitrogens is 2. The van der Waals surface area contributed by atoms with Gasteiger partial charge in [-0.1, -0.05) is 18.2 Å². The van der Waals surface area contributed by atoms with Crippen LogP contribution in [-0.2, 0) is 4.79 Å². The van der Waals surface area contributed by atoms with Gasteiger partial charge in [0.15, 0.2) is 11.8 Å². The standard InChI is InChI=1S/C19H16N4O3/c1-12-18(24)21-16-11-13(7-8-17(16)26-12)20-19(25)15-9-10-23(22-15)14-5-3-2-4-6-14/h2-12H,1H3,(H,20,25)(H,21,24). The summed E-state index contributed by atoms with van der Waals surface area (Å²) in [5.41, 5.74) is 2.23. The number of amides is 2. The van der Waals surface area contributed by atoms with Crippen LogP contribution in [0.3, 0.4) is 0 Å². The maximum Gasteiger partial charge on any atom is 0.276 e. The Morgan fingerprint density at radius 1 is 1.19 bits per heavy atom. The second-order valence-corrected chi connectivity index (χ2v) is 5.90. The number of hydrogen-bond acceptors (Lipinski definition) is 4. The maximum absolute atomic E-state index is 12.4. The molecule has 1 aliphatic heterocycles. The Morgan fingerprint density at radius 2 is 2.00 bits per heavy atom. The fourth-order valence-corrected chi connectivity index (χ4v) is 2.65. The number of para-hydroxylation sites is 1. The molecular weight excluding hydrogens is 332 g/mol. The molecule has 0 saturated carbocycles. The Balaban J connectivity index is 1.51. The van der Waals surface area contributed by atoms with Crippen molar-refractivity contribution >= 4 is 23.2 Å². The van der Waals surface area contributed by atoms with Gasteiger partial charge in [-0.15, -0.1) is 0 Å². The van der Waals surface area contributed by atoms with Gasteiger partial charge in [-0.2, -0.15) is 5.10 Å². The molecule has 4 rings (SSSR count). The van der Waals surface area contributed by atoms with Gasteiger partial charge in [-0.25, -0.2) is 4.68 Å². The number of rotatable bonds is 3. The van der Waals surface area contributed by atoms with Crippen LogP contribution in [0.1, 0.15) is 17.4 Å². The first-order valence-corrected chi connectivity index (χ1v) is 8.14. The predicted molar refractivity (Wildman–Crippen MR) is 96.7 cm³/mol. The molecule has 3 aromatic rings. The third-order valence-electron chi connectivity index (χ3n) is 4.01. The quantitative estimate of drug-likeness (QED) is 0.762. The lowest BCUT2D eigenvalue weighted by Gasteiger charge is -2.23. The second kappa shape index (κ2) is 6.36. The molecule has 130 valence electrons. The fraction of sp³-hybridized carbons (Fsp3) is 0.105. The lowest BCUT2D eigenvalue weighted by atomic mass is 10.2. The number of hydrogen-bond donors (Lipinski definition) is 2. The summed E-state index contributed by atoms with van der Waals surface area (Å²) in [6, 6.07) is 16.3. The first kappa shape index (κ1) is 15.9. The first-order chi connectivity index (χ1) is 12.6. The molecule has 2 heterocycles. The highest BCUT2D eigenvalue weighted by atomic mass is 16.5. The van der Waals surface area contributed by atoms with Crippen LogP contribution in [0, 0.1) is 0 Å². The second-order valence-electron chi connectivity index (χ2n) is 5.90. The van der Waals surface area contributed by atoms with Gasteiger partial charge in [0.1, 0.15) is 5.75 Å². The topological polar surface area (TPSA) is 85.2 Å². The van der Waals surface area contributed by atoms with Crippen LogP contribution in [0.15, 0.2) is 60.8 Å². The predicted octanol–water partition coefficient (Wildman–Crippen LogP) is 2.84. The molecule has 0 bridgehead atoms. The number of ether oxygens (including phenoxy) is 1. The van der Waals surface area contributed by atoms with Crippen molar-refractivity contribution in [3.8, 4) is 11.4 Å². The van der Waals surface area contributed by atoms with Crippen molar-refractivity contribution < 1.29 is 14.3 Å². The van der Waals surface area contributed by atoms with Crippen molar-refractivity contribution in [3.63, 3.8) is 0 Å². The first-order valence-electron chi connectivity index (χ1n) is 8.14. The molecule has 0 fully saturated rings. The van der Waals surface area contributed by atoms with Crippen LogP contribution in [0.4, 0.5) is 11.4 Å². The van der Waals surface area contributed by atoms with E-state index in [1.807, 2.05) is 30.3 Å². The minimum absolute atomic E-state index is 0.220. The number of anilines is 2. The van der Waals surface area contributed by atoms with E-state index in [0.29, 0.717) is 22.8 Å². The van der Waals surface area contributed by atoms with Gasteiger partial charge in [0, 0.05) is 11.9 Å². The average molecular weight is 348 g/mol. The van der Waals surface area contributed by atoms with E-state index in [1.165, 1.54) is 0 Å². The summed E-state index contributed by atoms with van der Waals surface area (Å²) in [6.07, 6.45) is 1.19. The molecule has 1 unspecified atom stereocenters. The number of nitrogens with one attached hydrogen (secondary N) is 2. The molecule has 1 aromatic heterocycles. The molecule has 0 saturated heterocycles. The summed E-state index contributed by atoms with van der Waals surface area (Å²) < 4.78 is 7.14. The Hall–Kier alpha value is -3.61. The van der Waals surface area contributed by atoms with E-state index in [0.717, 1.165) is 5.69 Å². The molecule has 7 nitrogen and oxygen atoms in total. The normalized spacial score (nSPS) is 15.6. The monoisotopic (exact) mass is 348 g/mol. The number of nitrogens with zero attached hydrogens (tertiary/aromatic N) is 2. The van der Waals surface area contributed by atoms with E-state index in [4.69, 9.17) is 4.74 Å². The Morgan fingerprint density at radius 3 is 2.81 bits per heavy atom. The van der Waals surface area contributed by atoms with Gasteiger partial charge in [-0.05, 0) is 43.3 Å². The minimum atomic E-state index is -0.537. The zero-order valence-electron chi connectivity index (χ0n) is 14.0. The summed E-state index contributed by atoms with van der Waals surface area (Å²) in [5, 5.41) is 9.83. The third-order valence-corrected chi connectivity index (χ3v) is 4.01. The van der Waals surface area contributed by atoms with E-state index in [1.54, 1.807) is 42.1 Å². The maximum atomic E-state index is 12.4. The molecule has 1 atom stereocenters. The average Bonchev–Trinajstić information content (AvgIpc) is 3.14. The summed E-state index contributed by atoms with van der Waals surface area (Å²) in [5.74, 6) is 0.0158. The number of carbonyl (C=O) groups excluding carboxylic acids is 2. The fourth-order valence-electron chi connectivity index (χ4n) is 2.65. The van der Waals surface area contributed by atoms with Gasteiger partial charge < -0.3 is 15.4 Å². The van der Waals surface area contributed by atoms with E-state index in [2.05, 4.69) is 15.7 Å². The number of fused-ring (bicyclic) bond motifs is 1. The molecule has 26 heavy (non-hydrogen) atoms. The van der Waals surface area contributed by atoms with E-state index < -0.39 is 6.10 Å². The highest BCUT2D eigenvalue weighted by molar-refractivity contribution is 6.04. The third kappa shape index (κ3) is 3.02. The molecular formula is C19H16N4O3. The Labute approximate surface area is 149 Å². The van der Waals surface area contributed by atoms with Gasteiger partial charge in [-0.3, -0.25) is 9.59 Å². The highest BCUT2D eigenvalue weighted by Crippen LogP contribution is 2.32. The SMILES string of the molecule is CC1Oc2ccc(NC(=O)c3ccn(-c4ccccc4)n3)cc2NC1=O. The summed E-state index contributed by atoms with van der Waals surface area (Å²) in [7, 11) is 0. The van der Waals surface area contributed by atoms with Crippen LogP contribution in [0.2, 0.25) is 0 Å². The smallest absolute Gasteiger partial charge is 0.276 e. The van der Waals surface area contributed by atoms with Crippen molar-refractivity contribution in [3.05, 3.63) is 66.5 Å². The molecule has 0 aliphatic carbocycles. The number of carbonyl (C=O) groups is 2. The molecule has 2 aromatic carbocycles. The van der Waals surface area contributed by atoms with Gasteiger partial charge in [0.05, 0.1) is 11.4 Å². The molecule has 0 spiro atoms. The van der Waals surface area contributed by atoms with E-state index in [-0.39, 0.29) is 11.8 Å². The number of benzene rings is 2. The van der Waals surface area contributed by atoms with Gasteiger partial charge in [0.2, 0.25) is 0 Å².